The molecule has 1 saturated heterocycles. The van der Waals surface area contributed by atoms with Crippen molar-refractivity contribution < 1.29 is 27.9 Å². The van der Waals surface area contributed by atoms with E-state index in [1.807, 2.05) is 0 Å². The number of β-amino-alcohol motifs (C(OH)–C–C–N with tert-alkyl or cyclic N) is 1. The lowest BCUT2D eigenvalue weighted by molar-refractivity contribution is -0.146. The number of sulfonamides is 1. The number of esters is 1. The maximum atomic E-state index is 12.9. The lowest BCUT2D eigenvalue weighted by Gasteiger charge is -2.22. The van der Waals surface area contributed by atoms with Gasteiger partial charge in [-0.3, -0.25) is 9.59 Å². The summed E-state index contributed by atoms with van der Waals surface area (Å²) in [6.07, 6.45) is -1.17. The molecule has 2 aromatic rings. The van der Waals surface area contributed by atoms with Crippen LogP contribution in [0.4, 0.5) is 0 Å². The fraction of sp³-hybridized carbons (Fsp3) is 0.263. The van der Waals surface area contributed by atoms with Crippen molar-refractivity contribution in [2.75, 3.05) is 13.2 Å². The highest BCUT2D eigenvalue weighted by Crippen LogP contribution is 2.28. The summed E-state index contributed by atoms with van der Waals surface area (Å²) in [7, 11) is -4.07. The molecular formula is C19H17Cl2NO6S. The van der Waals surface area contributed by atoms with Crippen LogP contribution in [-0.2, 0) is 19.6 Å². The highest BCUT2D eigenvalue weighted by molar-refractivity contribution is 7.89. The van der Waals surface area contributed by atoms with Gasteiger partial charge in [0.2, 0.25) is 15.8 Å². The van der Waals surface area contributed by atoms with Crippen molar-refractivity contribution in [2.24, 2.45) is 0 Å². The third-order valence-corrected chi connectivity index (χ3v) is 6.92. The number of nitrogens with zero attached hydrogens (tertiary/aromatic N) is 1. The monoisotopic (exact) mass is 457 g/mol. The van der Waals surface area contributed by atoms with Crippen LogP contribution >= 0.6 is 23.2 Å². The first-order valence-electron chi connectivity index (χ1n) is 8.60. The fourth-order valence-corrected chi connectivity index (χ4v) is 5.00. The van der Waals surface area contributed by atoms with E-state index in [4.69, 9.17) is 27.9 Å². The van der Waals surface area contributed by atoms with Crippen molar-refractivity contribution in [1.82, 2.24) is 4.31 Å². The number of benzene rings is 2. The smallest absolute Gasteiger partial charge is 0.325 e. The van der Waals surface area contributed by atoms with Crippen molar-refractivity contribution >= 4 is 45.0 Å². The molecule has 1 N–H and O–H groups in total. The minimum atomic E-state index is -4.07. The van der Waals surface area contributed by atoms with Crippen molar-refractivity contribution in [3.8, 4) is 0 Å². The zero-order chi connectivity index (χ0) is 21.2. The van der Waals surface area contributed by atoms with Gasteiger partial charge in [0.15, 0.2) is 6.61 Å². The summed E-state index contributed by atoms with van der Waals surface area (Å²) in [5.41, 5.74) is 0.194. The molecule has 154 valence electrons. The molecule has 0 aliphatic carbocycles. The molecule has 0 bridgehead atoms. The molecule has 0 unspecified atom stereocenters. The number of aliphatic hydroxyl groups is 1. The Balaban J connectivity index is 1.74. The van der Waals surface area contributed by atoms with E-state index in [2.05, 4.69) is 0 Å². The quantitative estimate of drug-likeness (QED) is 0.528. The summed E-state index contributed by atoms with van der Waals surface area (Å²) >= 11 is 11.7. The second-order valence-corrected chi connectivity index (χ2v) is 9.18. The number of aliphatic hydroxyl groups excluding tert-OH is 1. The van der Waals surface area contributed by atoms with Crippen LogP contribution in [0.1, 0.15) is 16.8 Å². The number of ketones is 1. The van der Waals surface area contributed by atoms with Crippen LogP contribution in [0.2, 0.25) is 10.0 Å². The van der Waals surface area contributed by atoms with Gasteiger partial charge in [-0.15, -0.1) is 0 Å². The Morgan fingerprint density at radius 2 is 1.76 bits per heavy atom. The van der Waals surface area contributed by atoms with Gasteiger partial charge in [-0.1, -0.05) is 35.3 Å². The summed E-state index contributed by atoms with van der Waals surface area (Å²) in [5, 5.41) is 10.5. The van der Waals surface area contributed by atoms with Crippen LogP contribution in [0.15, 0.2) is 53.4 Å². The average Bonchev–Trinajstić information content (AvgIpc) is 3.09. The van der Waals surface area contributed by atoms with Crippen LogP contribution in [0, 0.1) is 0 Å². The first-order chi connectivity index (χ1) is 13.7. The van der Waals surface area contributed by atoms with Gasteiger partial charge in [0, 0.05) is 23.6 Å². The van der Waals surface area contributed by atoms with E-state index in [9.17, 15) is 23.1 Å². The van der Waals surface area contributed by atoms with Gasteiger partial charge in [0.25, 0.3) is 0 Å². The zero-order valence-electron chi connectivity index (χ0n) is 15.0. The zero-order valence-corrected chi connectivity index (χ0v) is 17.3. The second-order valence-electron chi connectivity index (χ2n) is 6.44. The number of Topliss-reactive ketones (excluding diaryl/α,β-unsaturated/α-hetero) is 1. The first-order valence-corrected chi connectivity index (χ1v) is 10.8. The Labute approximate surface area is 177 Å². The summed E-state index contributed by atoms with van der Waals surface area (Å²) in [5.74, 6) is -1.44. The normalized spacial score (nSPS) is 19.8. The SMILES string of the molecule is O=C(COC(=O)[C@@H]1C[C@@H](O)CN1S(=O)(=O)c1ccc(Cl)cc1)c1ccccc1Cl. The summed E-state index contributed by atoms with van der Waals surface area (Å²) in [6.45, 7) is -0.854. The van der Waals surface area contributed by atoms with Gasteiger partial charge in [-0.25, -0.2) is 8.42 Å². The second kappa shape index (κ2) is 8.81. The largest absolute Gasteiger partial charge is 0.456 e. The molecule has 1 aliphatic heterocycles. The minimum Gasteiger partial charge on any atom is -0.456 e. The Kier molecular flexibility index (Phi) is 6.60. The van der Waals surface area contributed by atoms with E-state index in [0.717, 1.165) is 4.31 Å². The highest BCUT2D eigenvalue weighted by atomic mass is 35.5. The van der Waals surface area contributed by atoms with E-state index in [0.29, 0.717) is 5.02 Å². The van der Waals surface area contributed by atoms with E-state index in [1.54, 1.807) is 12.1 Å². The molecule has 0 spiro atoms. The lowest BCUT2D eigenvalue weighted by atomic mass is 10.1. The van der Waals surface area contributed by atoms with Gasteiger partial charge >= 0.3 is 5.97 Å². The number of ether oxygens (including phenoxy) is 1. The Morgan fingerprint density at radius 3 is 2.41 bits per heavy atom. The molecule has 2 atom stereocenters. The molecule has 1 aliphatic rings. The standard InChI is InChI=1S/C19H17Cl2NO6S/c20-12-5-7-14(8-6-12)29(26,27)22-10-13(23)9-17(22)19(25)28-11-18(24)15-3-1-2-4-16(15)21/h1-8,13,17,23H,9-11H2/t13-,17+/m1/s1. The molecule has 0 radical (unpaired) electrons. The summed E-state index contributed by atoms with van der Waals surface area (Å²) in [6, 6.07) is 10.5. The predicted octanol–water partition coefficient (Wildman–Crippen LogP) is 2.54. The molecule has 7 nitrogen and oxygen atoms in total. The van der Waals surface area contributed by atoms with Crippen molar-refractivity contribution in [3.63, 3.8) is 0 Å². The molecule has 1 fully saturated rings. The molecule has 3 rings (SSSR count). The van der Waals surface area contributed by atoms with E-state index >= 15 is 0 Å². The fourth-order valence-electron chi connectivity index (χ4n) is 3.00. The minimum absolute atomic E-state index is 0.0686. The lowest BCUT2D eigenvalue weighted by Crippen LogP contribution is -2.41. The average molecular weight is 458 g/mol. The Bertz CT molecular complexity index is 1030. The van der Waals surface area contributed by atoms with Gasteiger partial charge < -0.3 is 9.84 Å². The van der Waals surface area contributed by atoms with E-state index in [-0.39, 0.29) is 28.4 Å². The van der Waals surface area contributed by atoms with Gasteiger partial charge in [-0.05, 0) is 36.4 Å². The molecule has 1 heterocycles. The van der Waals surface area contributed by atoms with Crippen LogP contribution in [0.5, 0.6) is 0 Å². The van der Waals surface area contributed by atoms with Crippen molar-refractivity contribution in [2.45, 2.75) is 23.5 Å². The first kappa shape index (κ1) is 21.7. The van der Waals surface area contributed by atoms with Crippen LogP contribution in [-0.4, -0.2) is 54.9 Å². The number of rotatable bonds is 6. The molecule has 0 amide bonds. The summed E-state index contributed by atoms with van der Waals surface area (Å²) in [4.78, 5) is 24.7. The summed E-state index contributed by atoms with van der Waals surface area (Å²) < 4.78 is 31.7. The molecule has 0 aromatic heterocycles. The van der Waals surface area contributed by atoms with E-state index in [1.165, 1.54) is 36.4 Å². The number of hydrogen-bond donors (Lipinski definition) is 1. The van der Waals surface area contributed by atoms with Crippen LogP contribution in [0.25, 0.3) is 0 Å². The van der Waals surface area contributed by atoms with Crippen molar-refractivity contribution in [3.05, 3.63) is 64.1 Å². The third kappa shape index (κ3) is 4.79. The maximum Gasteiger partial charge on any atom is 0.325 e. The number of hydrogen-bond acceptors (Lipinski definition) is 6. The van der Waals surface area contributed by atoms with Crippen LogP contribution < -0.4 is 0 Å². The number of carbonyl (C=O) groups is 2. The van der Waals surface area contributed by atoms with Crippen LogP contribution in [0.3, 0.4) is 0 Å². The van der Waals surface area contributed by atoms with Crippen molar-refractivity contribution in [1.29, 1.82) is 0 Å². The van der Waals surface area contributed by atoms with Gasteiger partial charge in [0.1, 0.15) is 6.04 Å². The number of halogens is 2. The molecule has 2 aromatic carbocycles. The Hall–Kier alpha value is -1.97. The molecule has 29 heavy (non-hydrogen) atoms. The highest BCUT2D eigenvalue weighted by Gasteiger charge is 2.44. The molecule has 10 heteroatoms. The predicted molar refractivity (Wildman–Crippen MR) is 106 cm³/mol. The molecule has 0 saturated carbocycles. The van der Waals surface area contributed by atoms with Gasteiger partial charge in [-0.2, -0.15) is 4.31 Å². The molecular weight excluding hydrogens is 441 g/mol. The van der Waals surface area contributed by atoms with Gasteiger partial charge in [0.05, 0.1) is 16.0 Å². The number of carbonyl (C=O) groups excluding carboxylic acids is 2. The topological polar surface area (TPSA) is 101 Å². The van der Waals surface area contributed by atoms with E-state index < -0.39 is 40.5 Å². The third-order valence-electron chi connectivity index (χ3n) is 4.45. The Morgan fingerprint density at radius 1 is 1.10 bits per heavy atom. The maximum absolute atomic E-state index is 12.9.